The number of imidazole rings is 1. The number of halogens is 1. The summed E-state index contributed by atoms with van der Waals surface area (Å²) in [6.07, 6.45) is 1.57. The van der Waals surface area contributed by atoms with Gasteiger partial charge in [-0.1, -0.05) is 18.5 Å². The minimum Gasteiger partial charge on any atom is -0.465 e. The maximum Gasteiger partial charge on any atom is 0.321 e. The summed E-state index contributed by atoms with van der Waals surface area (Å²) < 4.78 is 32.6. The van der Waals surface area contributed by atoms with Crippen LogP contribution in [0.15, 0.2) is 16.6 Å². The van der Waals surface area contributed by atoms with E-state index in [9.17, 15) is 13.2 Å². The highest BCUT2D eigenvalue weighted by molar-refractivity contribution is 7.89. The van der Waals surface area contributed by atoms with Crippen LogP contribution in [0.5, 0.6) is 0 Å². The number of sulfonamides is 1. The summed E-state index contributed by atoms with van der Waals surface area (Å²) in [7, 11) is -3.94. The molecule has 0 saturated carbocycles. The number of fused-ring (bicyclic) bond motifs is 1. The molecule has 21 heavy (non-hydrogen) atoms. The first-order valence-electron chi connectivity index (χ1n) is 6.18. The Hall–Kier alpha value is -1.16. The lowest BCUT2D eigenvalue weighted by atomic mass is 10.6. The van der Waals surface area contributed by atoms with E-state index in [1.807, 2.05) is 0 Å². The molecule has 0 aliphatic carbocycles. The average molecular weight is 352 g/mol. The first-order chi connectivity index (χ1) is 9.91. The third kappa shape index (κ3) is 3.05. The van der Waals surface area contributed by atoms with E-state index in [0.29, 0.717) is 4.96 Å². The Morgan fingerprint density at radius 1 is 1.52 bits per heavy atom. The standard InChI is InChI=1S/C11H14ClN3O4S2/c1-3-14(7-8(16)19-4-2)21(17,18)10-9(12)13-11-15(10)5-6-20-11/h5-6H,3-4,7H2,1-2H3. The molecule has 2 aromatic rings. The quantitative estimate of drug-likeness (QED) is 0.739. The van der Waals surface area contributed by atoms with E-state index < -0.39 is 16.0 Å². The molecule has 0 aromatic carbocycles. The molecule has 0 aliphatic heterocycles. The number of hydrogen-bond donors (Lipinski definition) is 0. The number of thiazole rings is 1. The summed E-state index contributed by atoms with van der Waals surface area (Å²) in [5, 5.41) is 1.47. The first-order valence-corrected chi connectivity index (χ1v) is 8.88. The van der Waals surface area contributed by atoms with Gasteiger partial charge in [-0.25, -0.2) is 13.4 Å². The van der Waals surface area contributed by atoms with Gasteiger partial charge in [-0.05, 0) is 6.92 Å². The smallest absolute Gasteiger partial charge is 0.321 e. The zero-order chi connectivity index (χ0) is 15.6. The molecule has 0 spiro atoms. The van der Waals surface area contributed by atoms with Gasteiger partial charge in [0.2, 0.25) is 0 Å². The molecular weight excluding hydrogens is 338 g/mol. The summed E-state index contributed by atoms with van der Waals surface area (Å²) in [4.78, 5) is 16.0. The van der Waals surface area contributed by atoms with Crippen LogP contribution in [-0.4, -0.2) is 47.8 Å². The number of esters is 1. The van der Waals surface area contributed by atoms with Crippen LogP contribution in [0, 0.1) is 0 Å². The normalized spacial score (nSPS) is 12.2. The van der Waals surface area contributed by atoms with Crippen LogP contribution < -0.4 is 0 Å². The van der Waals surface area contributed by atoms with Crippen molar-refractivity contribution in [2.45, 2.75) is 18.9 Å². The molecule has 0 aliphatic rings. The fourth-order valence-corrected chi connectivity index (χ4v) is 4.61. The molecule has 0 atom stereocenters. The molecule has 116 valence electrons. The predicted molar refractivity (Wildman–Crippen MR) is 79.1 cm³/mol. The van der Waals surface area contributed by atoms with Crippen molar-refractivity contribution in [2.75, 3.05) is 19.7 Å². The van der Waals surface area contributed by atoms with Gasteiger partial charge >= 0.3 is 5.97 Å². The maximum atomic E-state index is 12.7. The average Bonchev–Trinajstić information content (AvgIpc) is 2.95. The van der Waals surface area contributed by atoms with Crippen LogP contribution in [-0.2, 0) is 19.6 Å². The lowest BCUT2D eigenvalue weighted by Crippen LogP contribution is -2.37. The molecule has 0 fully saturated rings. The van der Waals surface area contributed by atoms with Gasteiger partial charge < -0.3 is 4.74 Å². The Labute approximate surface area is 131 Å². The second-order valence-electron chi connectivity index (χ2n) is 4.00. The predicted octanol–water partition coefficient (Wildman–Crippen LogP) is 1.62. The van der Waals surface area contributed by atoms with Crippen molar-refractivity contribution in [1.29, 1.82) is 0 Å². The van der Waals surface area contributed by atoms with E-state index in [4.69, 9.17) is 16.3 Å². The third-order valence-corrected chi connectivity index (χ3v) is 5.80. The summed E-state index contributed by atoms with van der Waals surface area (Å²) in [6, 6.07) is 0. The number of carbonyl (C=O) groups is 1. The number of aromatic nitrogens is 2. The van der Waals surface area contributed by atoms with Crippen LogP contribution in [0.25, 0.3) is 4.96 Å². The molecule has 0 N–H and O–H groups in total. The number of hydrogen-bond acceptors (Lipinski definition) is 6. The summed E-state index contributed by atoms with van der Waals surface area (Å²) in [6.45, 7) is 3.25. The lowest BCUT2D eigenvalue weighted by Gasteiger charge is -2.18. The van der Waals surface area contributed by atoms with Crippen molar-refractivity contribution >= 4 is 43.9 Å². The molecule has 0 bridgehead atoms. The largest absolute Gasteiger partial charge is 0.465 e. The monoisotopic (exact) mass is 351 g/mol. The van der Waals surface area contributed by atoms with Gasteiger partial charge in [-0.3, -0.25) is 9.20 Å². The highest BCUT2D eigenvalue weighted by atomic mass is 35.5. The first kappa shape index (κ1) is 16.2. The number of nitrogens with zero attached hydrogens (tertiary/aromatic N) is 3. The third-order valence-electron chi connectivity index (χ3n) is 2.73. The molecule has 0 radical (unpaired) electrons. The Morgan fingerprint density at radius 3 is 2.86 bits per heavy atom. The van der Waals surface area contributed by atoms with E-state index in [1.54, 1.807) is 25.4 Å². The van der Waals surface area contributed by atoms with Gasteiger partial charge in [0, 0.05) is 18.1 Å². The van der Waals surface area contributed by atoms with Crippen molar-refractivity contribution in [1.82, 2.24) is 13.7 Å². The number of rotatable bonds is 6. The zero-order valence-corrected chi connectivity index (χ0v) is 13.8. The SMILES string of the molecule is CCOC(=O)CN(CC)S(=O)(=O)c1c(Cl)nc2sccn12. The topological polar surface area (TPSA) is 81.0 Å². The van der Waals surface area contributed by atoms with Crippen molar-refractivity contribution in [3.8, 4) is 0 Å². The highest BCUT2D eigenvalue weighted by Crippen LogP contribution is 2.27. The fourth-order valence-electron chi connectivity index (χ4n) is 1.81. The van der Waals surface area contributed by atoms with E-state index >= 15 is 0 Å². The summed E-state index contributed by atoms with van der Waals surface area (Å²) in [5.74, 6) is -0.606. The van der Waals surface area contributed by atoms with Gasteiger partial charge in [-0.2, -0.15) is 4.31 Å². The van der Waals surface area contributed by atoms with Crippen LogP contribution in [0.1, 0.15) is 13.8 Å². The van der Waals surface area contributed by atoms with Crippen molar-refractivity contribution < 1.29 is 17.9 Å². The maximum absolute atomic E-state index is 12.7. The van der Waals surface area contributed by atoms with Crippen molar-refractivity contribution in [3.63, 3.8) is 0 Å². The molecule has 2 rings (SSSR count). The van der Waals surface area contributed by atoms with E-state index in [2.05, 4.69) is 4.98 Å². The fraction of sp³-hybridized carbons (Fsp3) is 0.455. The molecule has 0 unspecified atom stereocenters. The Kier molecular flexibility index (Phi) is 4.87. The number of carbonyl (C=O) groups excluding carboxylic acids is 1. The Morgan fingerprint density at radius 2 is 2.24 bits per heavy atom. The van der Waals surface area contributed by atoms with E-state index in [0.717, 1.165) is 4.31 Å². The van der Waals surface area contributed by atoms with Gasteiger partial charge in [0.1, 0.15) is 6.54 Å². The van der Waals surface area contributed by atoms with Crippen LogP contribution in [0.3, 0.4) is 0 Å². The van der Waals surface area contributed by atoms with Crippen LogP contribution >= 0.6 is 22.9 Å². The Balaban J connectivity index is 2.41. The molecular formula is C11H14ClN3O4S2. The van der Waals surface area contributed by atoms with Crippen LogP contribution in [0.4, 0.5) is 0 Å². The van der Waals surface area contributed by atoms with Gasteiger partial charge in [-0.15, -0.1) is 11.3 Å². The van der Waals surface area contributed by atoms with Gasteiger partial charge in [0.05, 0.1) is 6.61 Å². The lowest BCUT2D eigenvalue weighted by molar-refractivity contribution is -0.143. The van der Waals surface area contributed by atoms with Crippen molar-refractivity contribution in [3.05, 3.63) is 16.7 Å². The summed E-state index contributed by atoms with van der Waals surface area (Å²) >= 11 is 7.22. The Bertz CT molecular complexity index is 753. The molecule has 10 heteroatoms. The second kappa shape index (κ2) is 6.30. The van der Waals surface area contributed by atoms with E-state index in [-0.39, 0.29) is 29.9 Å². The number of ether oxygens (including phenoxy) is 1. The van der Waals surface area contributed by atoms with Gasteiger partial charge in [0.25, 0.3) is 10.0 Å². The zero-order valence-electron chi connectivity index (χ0n) is 11.4. The summed E-state index contributed by atoms with van der Waals surface area (Å²) in [5.41, 5.74) is 0. The molecule has 0 saturated heterocycles. The van der Waals surface area contributed by atoms with Crippen molar-refractivity contribution in [2.24, 2.45) is 0 Å². The van der Waals surface area contributed by atoms with Crippen LogP contribution in [0.2, 0.25) is 5.15 Å². The number of likely N-dealkylation sites (N-methyl/N-ethyl adjacent to an activating group) is 1. The molecule has 2 heterocycles. The minimum absolute atomic E-state index is 0.107. The minimum atomic E-state index is -3.94. The van der Waals surface area contributed by atoms with E-state index in [1.165, 1.54) is 15.7 Å². The highest BCUT2D eigenvalue weighted by Gasteiger charge is 2.32. The molecule has 7 nitrogen and oxygen atoms in total. The molecule has 2 aromatic heterocycles. The second-order valence-corrected chi connectivity index (χ2v) is 7.08. The van der Waals surface area contributed by atoms with Gasteiger partial charge in [0.15, 0.2) is 15.1 Å². The molecule has 0 amide bonds.